The lowest BCUT2D eigenvalue weighted by molar-refractivity contribution is -0.129. The molecule has 0 radical (unpaired) electrons. The standard InChI is InChI=1S/C20H30N2O2/c1-13-7-6-8-14(2)17(13)21-18(23)15-9-11-16(12-10-15)19(24)22-20(3,4)5/h6-8,15-16H,9-12H2,1-5H3,(H,21,23)(H,22,24). The molecule has 2 amide bonds. The Hall–Kier alpha value is -1.84. The Morgan fingerprint density at radius 3 is 1.83 bits per heavy atom. The van der Waals surface area contributed by atoms with Gasteiger partial charge in [-0.15, -0.1) is 0 Å². The Balaban J connectivity index is 1.90. The van der Waals surface area contributed by atoms with Crippen molar-refractivity contribution in [3.05, 3.63) is 29.3 Å². The third-order valence-corrected chi connectivity index (χ3v) is 4.70. The monoisotopic (exact) mass is 330 g/mol. The minimum absolute atomic E-state index is 0.00249. The zero-order valence-corrected chi connectivity index (χ0v) is 15.5. The first-order chi connectivity index (χ1) is 11.2. The van der Waals surface area contributed by atoms with E-state index in [1.165, 1.54) is 0 Å². The van der Waals surface area contributed by atoms with Crippen molar-refractivity contribution in [2.24, 2.45) is 11.8 Å². The molecule has 0 spiro atoms. The Bertz CT molecular complexity index is 588. The number of carbonyl (C=O) groups excluding carboxylic acids is 2. The largest absolute Gasteiger partial charge is 0.351 e. The van der Waals surface area contributed by atoms with Crippen molar-refractivity contribution < 1.29 is 9.59 Å². The molecule has 0 unspecified atom stereocenters. The molecular formula is C20H30N2O2. The average Bonchev–Trinajstić information content (AvgIpc) is 2.49. The highest BCUT2D eigenvalue weighted by Crippen LogP contribution is 2.31. The first-order valence-electron chi connectivity index (χ1n) is 8.86. The maximum absolute atomic E-state index is 12.6. The van der Waals surface area contributed by atoms with Crippen LogP contribution in [0.2, 0.25) is 0 Å². The summed E-state index contributed by atoms with van der Waals surface area (Å²) in [5.41, 5.74) is 2.89. The number of carbonyl (C=O) groups is 2. The van der Waals surface area contributed by atoms with Crippen molar-refractivity contribution in [3.63, 3.8) is 0 Å². The van der Waals surface area contributed by atoms with Gasteiger partial charge in [0, 0.05) is 23.1 Å². The van der Waals surface area contributed by atoms with Gasteiger partial charge >= 0.3 is 0 Å². The van der Waals surface area contributed by atoms with E-state index in [1.807, 2.05) is 52.8 Å². The van der Waals surface area contributed by atoms with E-state index in [4.69, 9.17) is 0 Å². The van der Waals surface area contributed by atoms with Crippen LogP contribution in [0.15, 0.2) is 18.2 Å². The molecule has 1 aromatic carbocycles. The molecule has 24 heavy (non-hydrogen) atoms. The normalized spacial score (nSPS) is 21.2. The molecule has 2 N–H and O–H groups in total. The molecule has 1 aromatic rings. The van der Waals surface area contributed by atoms with E-state index < -0.39 is 0 Å². The molecule has 0 saturated heterocycles. The SMILES string of the molecule is Cc1cccc(C)c1NC(=O)C1CCC(C(=O)NC(C)(C)C)CC1. The van der Waals surface area contributed by atoms with Crippen molar-refractivity contribution in [2.75, 3.05) is 5.32 Å². The summed E-state index contributed by atoms with van der Waals surface area (Å²) < 4.78 is 0. The number of anilines is 1. The lowest BCUT2D eigenvalue weighted by atomic mass is 9.80. The van der Waals surface area contributed by atoms with Gasteiger partial charge in [0.2, 0.25) is 11.8 Å². The topological polar surface area (TPSA) is 58.2 Å². The molecule has 0 aliphatic heterocycles. The lowest BCUT2D eigenvalue weighted by Crippen LogP contribution is -2.45. The summed E-state index contributed by atoms with van der Waals surface area (Å²) in [6.07, 6.45) is 3.12. The highest BCUT2D eigenvalue weighted by molar-refractivity contribution is 5.94. The maximum atomic E-state index is 12.6. The van der Waals surface area contributed by atoms with Gasteiger partial charge in [-0.3, -0.25) is 9.59 Å². The predicted octanol–water partition coefficient (Wildman–Crippen LogP) is 3.96. The fraction of sp³-hybridized carbons (Fsp3) is 0.600. The van der Waals surface area contributed by atoms with Crippen LogP contribution in [0, 0.1) is 25.7 Å². The number of rotatable bonds is 3. The van der Waals surface area contributed by atoms with Gasteiger partial charge in [0.05, 0.1) is 0 Å². The molecule has 1 aliphatic rings. The fourth-order valence-corrected chi connectivity index (χ4v) is 3.33. The number of benzene rings is 1. The highest BCUT2D eigenvalue weighted by atomic mass is 16.2. The summed E-state index contributed by atoms with van der Waals surface area (Å²) in [4.78, 5) is 24.8. The number of amides is 2. The van der Waals surface area contributed by atoms with Gasteiger partial charge in [0.25, 0.3) is 0 Å². The Kier molecular flexibility index (Phi) is 5.68. The van der Waals surface area contributed by atoms with E-state index in [0.717, 1.165) is 42.5 Å². The maximum Gasteiger partial charge on any atom is 0.227 e. The van der Waals surface area contributed by atoms with E-state index in [9.17, 15) is 9.59 Å². The van der Waals surface area contributed by atoms with Crippen LogP contribution < -0.4 is 10.6 Å². The molecule has 1 saturated carbocycles. The lowest BCUT2D eigenvalue weighted by Gasteiger charge is -2.30. The summed E-state index contributed by atoms with van der Waals surface area (Å²) in [5, 5.41) is 6.14. The number of hydrogen-bond donors (Lipinski definition) is 2. The van der Waals surface area contributed by atoms with Crippen molar-refractivity contribution in [3.8, 4) is 0 Å². The molecule has 0 aromatic heterocycles. The second kappa shape index (κ2) is 7.37. The molecule has 4 heteroatoms. The number of para-hydroxylation sites is 1. The fourth-order valence-electron chi connectivity index (χ4n) is 3.33. The molecular weight excluding hydrogens is 300 g/mol. The quantitative estimate of drug-likeness (QED) is 0.881. The van der Waals surface area contributed by atoms with Crippen molar-refractivity contribution in [1.29, 1.82) is 0 Å². The van der Waals surface area contributed by atoms with Crippen molar-refractivity contribution >= 4 is 17.5 Å². The summed E-state index contributed by atoms with van der Waals surface area (Å²) >= 11 is 0. The van der Waals surface area contributed by atoms with Crippen LogP contribution in [0.5, 0.6) is 0 Å². The third-order valence-electron chi connectivity index (χ3n) is 4.70. The minimum Gasteiger partial charge on any atom is -0.351 e. The summed E-state index contributed by atoms with van der Waals surface area (Å²) in [6, 6.07) is 6.02. The van der Waals surface area contributed by atoms with Crippen LogP contribution in [-0.4, -0.2) is 17.4 Å². The molecule has 0 heterocycles. The zero-order valence-electron chi connectivity index (χ0n) is 15.5. The first-order valence-corrected chi connectivity index (χ1v) is 8.86. The van der Waals surface area contributed by atoms with Gasteiger partial charge in [-0.25, -0.2) is 0 Å². The Labute approximate surface area is 145 Å². The van der Waals surface area contributed by atoms with E-state index in [-0.39, 0.29) is 29.2 Å². The molecule has 0 bridgehead atoms. The van der Waals surface area contributed by atoms with E-state index >= 15 is 0 Å². The van der Waals surface area contributed by atoms with E-state index in [1.54, 1.807) is 0 Å². The average molecular weight is 330 g/mol. The third kappa shape index (κ3) is 4.83. The molecule has 2 rings (SSSR count). The van der Waals surface area contributed by atoms with Gasteiger partial charge in [-0.1, -0.05) is 18.2 Å². The molecule has 4 nitrogen and oxygen atoms in total. The number of hydrogen-bond acceptors (Lipinski definition) is 2. The molecule has 1 aliphatic carbocycles. The van der Waals surface area contributed by atoms with E-state index in [0.29, 0.717) is 0 Å². The van der Waals surface area contributed by atoms with Gasteiger partial charge in [0.1, 0.15) is 0 Å². The predicted molar refractivity (Wildman–Crippen MR) is 97.9 cm³/mol. The van der Waals surface area contributed by atoms with Crippen LogP contribution in [0.1, 0.15) is 57.6 Å². The summed E-state index contributed by atoms with van der Waals surface area (Å²) in [5.74, 6) is 0.245. The second-order valence-corrected chi connectivity index (χ2v) is 8.04. The van der Waals surface area contributed by atoms with Crippen LogP contribution in [-0.2, 0) is 9.59 Å². The highest BCUT2D eigenvalue weighted by Gasteiger charge is 2.31. The molecule has 132 valence electrons. The van der Waals surface area contributed by atoms with Crippen molar-refractivity contribution in [1.82, 2.24) is 5.32 Å². The molecule has 0 atom stereocenters. The second-order valence-electron chi connectivity index (χ2n) is 8.04. The molecule has 1 fully saturated rings. The van der Waals surface area contributed by atoms with Crippen LogP contribution in [0.25, 0.3) is 0 Å². The number of nitrogens with one attached hydrogen (secondary N) is 2. The van der Waals surface area contributed by atoms with Crippen LogP contribution in [0.3, 0.4) is 0 Å². The first kappa shape index (κ1) is 18.5. The summed E-state index contributed by atoms with van der Waals surface area (Å²) in [7, 11) is 0. The smallest absolute Gasteiger partial charge is 0.227 e. The van der Waals surface area contributed by atoms with Gasteiger partial charge < -0.3 is 10.6 Å². The van der Waals surface area contributed by atoms with Gasteiger partial charge in [0.15, 0.2) is 0 Å². The van der Waals surface area contributed by atoms with E-state index in [2.05, 4.69) is 10.6 Å². The van der Waals surface area contributed by atoms with Crippen LogP contribution in [0.4, 0.5) is 5.69 Å². The van der Waals surface area contributed by atoms with Gasteiger partial charge in [-0.2, -0.15) is 0 Å². The summed E-state index contributed by atoms with van der Waals surface area (Å²) in [6.45, 7) is 10.0. The zero-order chi connectivity index (χ0) is 17.9. The van der Waals surface area contributed by atoms with Crippen LogP contribution >= 0.6 is 0 Å². The van der Waals surface area contributed by atoms with Gasteiger partial charge in [-0.05, 0) is 71.4 Å². The Morgan fingerprint density at radius 1 is 0.917 bits per heavy atom. The minimum atomic E-state index is -0.201. The Morgan fingerprint density at radius 2 is 1.38 bits per heavy atom. The number of aryl methyl sites for hydroxylation is 2. The van der Waals surface area contributed by atoms with Crippen molar-refractivity contribution in [2.45, 2.75) is 65.8 Å².